The number of Topliss-reactive ketones (excluding diaryl/α,β-unsaturated/α-hetero) is 1. The molecule has 1 rings (SSSR count). The van der Waals surface area contributed by atoms with E-state index in [0.29, 0.717) is 6.42 Å². The minimum absolute atomic E-state index is 0.130. The largest absolute Gasteiger partial charge is 0.348 e. The molecule has 0 aliphatic carbocycles. The SMILES string of the molecule is CC(=O)Cc1ncc[nH]1. The highest BCUT2D eigenvalue weighted by Gasteiger charge is 1.96. The number of aromatic amines is 1. The number of hydrogen-bond acceptors (Lipinski definition) is 2. The summed E-state index contributed by atoms with van der Waals surface area (Å²) in [4.78, 5) is 17.2. The average molecular weight is 124 g/mol. The van der Waals surface area contributed by atoms with Gasteiger partial charge in [0.05, 0.1) is 6.42 Å². The molecular weight excluding hydrogens is 116 g/mol. The van der Waals surface area contributed by atoms with Crippen molar-refractivity contribution in [2.75, 3.05) is 0 Å². The van der Waals surface area contributed by atoms with Crippen LogP contribution in [0.3, 0.4) is 0 Å². The van der Waals surface area contributed by atoms with Crippen LogP contribution in [0, 0.1) is 0 Å². The van der Waals surface area contributed by atoms with Gasteiger partial charge in [0.1, 0.15) is 11.6 Å². The Bertz CT molecular complexity index is 191. The smallest absolute Gasteiger partial charge is 0.137 e. The Kier molecular flexibility index (Phi) is 1.63. The molecule has 1 heterocycles. The van der Waals surface area contributed by atoms with Crippen molar-refractivity contribution in [2.24, 2.45) is 0 Å². The highest BCUT2D eigenvalue weighted by molar-refractivity contribution is 5.77. The molecule has 3 nitrogen and oxygen atoms in total. The van der Waals surface area contributed by atoms with Gasteiger partial charge in [0.2, 0.25) is 0 Å². The summed E-state index contributed by atoms with van der Waals surface area (Å²) in [6, 6.07) is 0. The van der Waals surface area contributed by atoms with Gasteiger partial charge in [-0.2, -0.15) is 0 Å². The summed E-state index contributed by atoms with van der Waals surface area (Å²) in [6.07, 6.45) is 3.75. The number of H-pyrrole nitrogens is 1. The topological polar surface area (TPSA) is 45.8 Å². The van der Waals surface area contributed by atoms with E-state index in [9.17, 15) is 4.79 Å². The van der Waals surface area contributed by atoms with Crippen molar-refractivity contribution in [1.29, 1.82) is 0 Å². The first-order valence-corrected chi connectivity index (χ1v) is 2.77. The summed E-state index contributed by atoms with van der Waals surface area (Å²) in [6.45, 7) is 1.54. The van der Waals surface area contributed by atoms with Crippen LogP contribution < -0.4 is 0 Å². The van der Waals surface area contributed by atoms with Crippen molar-refractivity contribution < 1.29 is 4.79 Å². The lowest BCUT2D eigenvalue weighted by molar-refractivity contribution is -0.116. The molecule has 0 aliphatic heterocycles. The Morgan fingerprint density at radius 2 is 2.67 bits per heavy atom. The van der Waals surface area contributed by atoms with E-state index in [-0.39, 0.29) is 5.78 Å². The maximum Gasteiger partial charge on any atom is 0.137 e. The van der Waals surface area contributed by atoms with Crippen molar-refractivity contribution in [3.63, 3.8) is 0 Å². The third-order valence-corrected chi connectivity index (χ3v) is 0.971. The second kappa shape index (κ2) is 2.44. The molecule has 3 heteroatoms. The van der Waals surface area contributed by atoms with Crippen LogP contribution >= 0.6 is 0 Å². The highest BCUT2D eigenvalue weighted by Crippen LogP contribution is 1.89. The van der Waals surface area contributed by atoms with E-state index in [1.54, 1.807) is 19.3 Å². The van der Waals surface area contributed by atoms with Crippen LogP contribution in [-0.4, -0.2) is 15.8 Å². The third-order valence-electron chi connectivity index (χ3n) is 0.971. The van der Waals surface area contributed by atoms with Crippen molar-refractivity contribution in [1.82, 2.24) is 9.97 Å². The number of hydrogen-bond donors (Lipinski definition) is 1. The van der Waals surface area contributed by atoms with Gasteiger partial charge in [-0.05, 0) is 6.92 Å². The molecule has 0 amide bonds. The minimum atomic E-state index is 0.130. The summed E-state index contributed by atoms with van der Waals surface area (Å²) in [5, 5.41) is 0. The average Bonchev–Trinajstić information content (AvgIpc) is 2.15. The van der Waals surface area contributed by atoms with Gasteiger partial charge >= 0.3 is 0 Å². The van der Waals surface area contributed by atoms with E-state index in [1.165, 1.54) is 0 Å². The van der Waals surface area contributed by atoms with Crippen molar-refractivity contribution in [2.45, 2.75) is 13.3 Å². The Labute approximate surface area is 53.1 Å². The van der Waals surface area contributed by atoms with Gasteiger partial charge in [0, 0.05) is 12.4 Å². The Morgan fingerprint density at radius 1 is 1.89 bits per heavy atom. The van der Waals surface area contributed by atoms with Crippen LogP contribution in [0.15, 0.2) is 12.4 Å². The Morgan fingerprint density at radius 3 is 3.11 bits per heavy atom. The monoisotopic (exact) mass is 124 g/mol. The third kappa shape index (κ3) is 1.68. The number of imidazole rings is 1. The zero-order chi connectivity index (χ0) is 6.69. The molecule has 0 aliphatic rings. The lowest BCUT2D eigenvalue weighted by Gasteiger charge is -1.86. The van der Waals surface area contributed by atoms with Crippen LogP contribution in [0.2, 0.25) is 0 Å². The van der Waals surface area contributed by atoms with Crippen LogP contribution in [0.1, 0.15) is 12.7 Å². The molecule has 48 valence electrons. The molecule has 0 atom stereocenters. The predicted octanol–water partition coefficient (Wildman–Crippen LogP) is 0.541. The van der Waals surface area contributed by atoms with E-state index in [4.69, 9.17) is 0 Å². The molecule has 0 fully saturated rings. The number of carbonyl (C=O) groups excluding carboxylic acids is 1. The highest BCUT2D eigenvalue weighted by atomic mass is 16.1. The normalized spacial score (nSPS) is 9.44. The number of carbonyl (C=O) groups is 1. The zero-order valence-corrected chi connectivity index (χ0v) is 5.22. The summed E-state index contributed by atoms with van der Waals surface area (Å²) in [5.41, 5.74) is 0. The van der Waals surface area contributed by atoms with E-state index in [0.717, 1.165) is 5.82 Å². The fourth-order valence-electron chi connectivity index (χ4n) is 0.630. The molecule has 0 saturated heterocycles. The minimum Gasteiger partial charge on any atom is -0.348 e. The molecule has 0 aromatic carbocycles. The number of rotatable bonds is 2. The lowest BCUT2D eigenvalue weighted by Crippen LogP contribution is -1.97. The number of nitrogens with zero attached hydrogens (tertiary/aromatic N) is 1. The maximum atomic E-state index is 10.5. The summed E-state index contributed by atoms with van der Waals surface area (Å²) in [7, 11) is 0. The Balaban J connectivity index is 2.58. The first-order chi connectivity index (χ1) is 4.29. The number of ketones is 1. The zero-order valence-electron chi connectivity index (χ0n) is 5.22. The van der Waals surface area contributed by atoms with Gasteiger partial charge in [-0.15, -0.1) is 0 Å². The van der Waals surface area contributed by atoms with E-state index in [1.807, 2.05) is 0 Å². The van der Waals surface area contributed by atoms with Crippen molar-refractivity contribution in [3.8, 4) is 0 Å². The van der Waals surface area contributed by atoms with Gasteiger partial charge < -0.3 is 4.98 Å². The number of nitrogens with one attached hydrogen (secondary N) is 1. The molecule has 9 heavy (non-hydrogen) atoms. The second-order valence-electron chi connectivity index (χ2n) is 1.91. The molecular formula is C6H8N2O. The molecule has 1 aromatic rings. The molecule has 0 radical (unpaired) electrons. The van der Waals surface area contributed by atoms with E-state index in [2.05, 4.69) is 9.97 Å². The van der Waals surface area contributed by atoms with Gasteiger partial charge in [-0.1, -0.05) is 0 Å². The van der Waals surface area contributed by atoms with Crippen LogP contribution in [0.25, 0.3) is 0 Å². The predicted molar refractivity (Wildman–Crippen MR) is 33.0 cm³/mol. The summed E-state index contributed by atoms with van der Waals surface area (Å²) >= 11 is 0. The van der Waals surface area contributed by atoms with Crippen LogP contribution in [0.4, 0.5) is 0 Å². The first kappa shape index (κ1) is 6.01. The maximum absolute atomic E-state index is 10.5. The molecule has 0 spiro atoms. The summed E-state index contributed by atoms with van der Waals surface area (Å²) < 4.78 is 0. The standard InChI is InChI=1S/C6H8N2O/c1-5(9)4-6-7-2-3-8-6/h2-3H,4H2,1H3,(H,7,8). The van der Waals surface area contributed by atoms with Gasteiger partial charge in [0.25, 0.3) is 0 Å². The van der Waals surface area contributed by atoms with Crippen LogP contribution in [-0.2, 0) is 11.2 Å². The van der Waals surface area contributed by atoms with Crippen LogP contribution in [0.5, 0.6) is 0 Å². The summed E-state index contributed by atoms with van der Waals surface area (Å²) in [5.74, 6) is 0.868. The van der Waals surface area contributed by atoms with E-state index >= 15 is 0 Å². The van der Waals surface area contributed by atoms with E-state index < -0.39 is 0 Å². The number of aromatic nitrogens is 2. The molecule has 1 aromatic heterocycles. The van der Waals surface area contributed by atoms with Crippen molar-refractivity contribution >= 4 is 5.78 Å². The van der Waals surface area contributed by atoms with Gasteiger partial charge in [0.15, 0.2) is 0 Å². The van der Waals surface area contributed by atoms with Gasteiger partial charge in [-0.25, -0.2) is 4.98 Å². The molecule has 0 unspecified atom stereocenters. The molecule has 0 bridgehead atoms. The fourth-order valence-corrected chi connectivity index (χ4v) is 0.630. The fraction of sp³-hybridized carbons (Fsp3) is 0.333. The van der Waals surface area contributed by atoms with Crippen molar-refractivity contribution in [3.05, 3.63) is 18.2 Å². The second-order valence-corrected chi connectivity index (χ2v) is 1.91. The molecule has 1 N–H and O–H groups in total. The lowest BCUT2D eigenvalue weighted by atomic mass is 10.3. The van der Waals surface area contributed by atoms with Gasteiger partial charge in [-0.3, -0.25) is 4.79 Å². The first-order valence-electron chi connectivity index (χ1n) is 2.77. The Hall–Kier alpha value is -1.12. The molecule has 0 saturated carbocycles. The quantitative estimate of drug-likeness (QED) is 0.625.